The minimum absolute atomic E-state index is 0.0291. The number of likely N-dealkylation sites (tertiary alicyclic amines) is 3. The Labute approximate surface area is 350 Å². The van der Waals surface area contributed by atoms with Gasteiger partial charge in [0.25, 0.3) is 5.91 Å². The first-order valence-corrected chi connectivity index (χ1v) is 20.2. The molecule has 0 bridgehead atoms. The number of H-pyrrole nitrogens is 1. The number of nitrogens with one attached hydrogen (secondary N) is 3. The molecule has 4 aliphatic rings. The number of hydrogen-bond donors (Lipinski definition) is 4. The number of morpholine rings is 1. The molecule has 0 unspecified atom stereocenters. The van der Waals surface area contributed by atoms with Crippen LogP contribution >= 0.6 is 0 Å². The second-order valence-corrected chi connectivity index (χ2v) is 16.1. The van der Waals surface area contributed by atoms with Crippen LogP contribution in [-0.2, 0) is 25.7 Å². The molecule has 1 aromatic carbocycles. The number of carbonyl (C=O) groups is 4. The standard InChI is InChI=1S/C40H48N10O4.C2HF3O2/c1-27(20-48-23-40(24-48)10-13-50(25-40)28(2)51)38(52)45-32-4-3-12-47(22-32)21-29-9-11-41-35(18-29)39(53)44-31-7-5-30(6-8-31)34-19-33-36(46-34)42-26-43-37(33)49-14-16-54-17-15-49;3-2(4,5)1(6)7/h5-9,11,18-19,26,32H,1,3-4,10,12-17,20-25H2,2H3,(H,44,53)(H,45,52)(H,42,43,46);(H,6,7)/t32-;/m1./s1. The first-order valence-electron chi connectivity index (χ1n) is 20.2. The van der Waals surface area contributed by atoms with Gasteiger partial charge in [-0.2, -0.15) is 13.2 Å². The van der Waals surface area contributed by atoms with Crippen LogP contribution in [0.2, 0.25) is 0 Å². The number of alkyl halides is 3. The molecule has 3 aromatic heterocycles. The van der Waals surface area contributed by atoms with E-state index in [9.17, 15) is 27.6 Å². The average molecular weight is 847 g/mol. The first-order chi connectivity index (χ1) is 29.1. The number of ether oxygens (including phenoxy) is 1. The molecule has 324 valence electrons. The van der Waals surface area contributed by atoms with Gasteiger partial charge in [0.1, 0.15) is 23.5 Å². The monoisotopic (exact) mass is 846 g/mol. The number of rotatable bonds is 10. The SMILES string of the molecule is C=C(CN1CC2(CCN(C(C)=O)C2)C1)C(=O)N[C@@H]1CCCN(Cc2ccnc(C(=O)Nc3ccc(-c4cc5c(N6CCOCC6)ncnc5[nH]4)cc3)c2)C1.O=C(O)C(F)(F)F. The number of halogens is 3. The van der Waals surface area contributed by atoms with E-state index < -0.39 is 12.1 Å². The summed E-state index contributed by atoms with van der Waals surface area (Å²) in [6.07, 6.45) is 1.08. The molecule has 0 saturated carbocycles. The molecule has 8 rings (SSSR count). The number of carboxylic acid groups (broad SMARTS) is 1. The highest BCUT2D eigenvalue weighted by Crippen LogP contribution is 2.39. The fourth-order valence-corrected chi connectivity index (χ4v) is 8.42. The van der Waals surface area contributed by atoms with Crippen molar-refractivity contribution in [2.75, 3.05) is 82.3 Å². The zero-order valence-corrected chi connectivity index (χ0v) is 33.8. The second-order valence-electron chi connectivity index (χ2n) is 16.1. The number of nitrogens with zero attached hydrogens (tertiary/aromatic N) is 7. The van der Waals surface area contributed by atoms with Crippen LogP contribution in [0, 0.1) is 5.41 Å². The smallest absolute Gasteiger partial charge is 0.475 e. The highest BCUT2D eigenvalue weighted by Gasteiger charge is 2.48. The fourth-order valence-electron chi connectivity index (χ4n) is 8.42. The van der Waals surface area contributed by atoms with Crippen LogP contribution in [0.4, 0.5) is 24.7 Å². The molecule has 1 spiro atoms. The third kappa shape index (κ3) is 10.7. The lowest BCUT2D eigenvalue weighted by molar-refractivity contribution is -0.192. The molecule has 1 atom stereocenters. The van der Waals surface area contributed by atoms with Crippen LogP contribution in [0.25, 0.3) is 22.3 Å². The zero-order valence-electron chi connectivity index (χ0n) is 33.8. The molecule has 4 aromatic rings. The van der Waals surface area contributed by atoms with Crippen molar-refractivity contribution in [2.24, 2.45) is 5.41 Å². The molecule has 0 radical (unpaired) electrons. The molecule has 16 nitrogen and oxygen atoms in total. The van der Waals surface area contributed by atoms with E-state index >= 15 is 0 Å². The van der Waals surface area contributed by atoms with E-state index in [0.29, 0.717) is 43.3 Å². The number of pyridine rings is 1. The number of carbonyl (C=O) groups excluding carboxylic acids is 3. The van der Waals surface area contributed by atoms with Gasteiger partial charge in [-0.25, -0.2) is 14.8 Å². The van der Waals surface area contributed by atoms with Crippen molar-refractivity contribution in [3.63, 3.8) is 0 Å². The number of amides is 3. The minimum atomic E-state index is -5.08. The van der Waals surface area contributed by atoms with E-state index in [2.05, 4.69) is 57.9 Å². The van der Waals surface area contributed by atoms with Gasteiger partial charge >= 0.3 is 12.1 Å². The largest absolute Gasteiger partial charge is 0.490 e. The molecule has 61 heavy (non-hydrogen) atoms. The van der Waals surface area contributed by atoms with Crippen LogP contribution in [0.15, 0.2) is 67.1 Å². The summed E-state index contributed by atoms with van der Waals surface area (Å²) in [6, 6.07) is 13.6. The molecule has 4 fully saturated rings. The predicted molar refractivity (Wildman–Crippen MR) is 220 cm³/mol. The van der Waals surface area contributed by atoms with E-state index in [1.807, 2.05) is 41.3 Å². The fraction of sp³-hybridized carbons (Fsp3) is 0.452. The van der Waals surface area contributed by atoms with Gasteiger partial charge in [0.05, 0.1) is 18.6 Å². The Bertz CT molecular complexity index is 2260. The first kappa shape index (κ1) is 43.2. The van der Waals surface area contributed by atoms with Gasteiger partial charge in [0.2, 0.25) is 11.8 Å². The molecule has 3 amide bonds. The van der Waals surface area contributed by atoms with E-state index in [1.54, 1.807) is 19.4 Å². The molecule has 4 N–H and O–H groups in total. The Morgan fingerprint density at radius 2 is 1.72 bits per heavy atom. The Kier molecular flexibility index (Phi) is 13.0. The van der Waals surface area contributed by atoms with Crippen LogP contribution in [0.1, 0.15) is 42.2 Å². The van der Waals surface area contributed by atoms with Crippen molar-refractivity contribution in [3.05, 3.63) is 78.4 Å². The number of benzene rings is 1. The summed E-state index contributed by atoms with van der Waals surface area (Å²) in [6.45, 7) is 15.0. The lowest BCUT2D eigenvalue weighted by Gasteiger charge is -2.48. The van der Waals surface area contributed by atoms with Crippen LogP contribution < -0.4 is 15.5 Å². The van der Waals surface area contributed by atoms with Gasteiger partial charge in [-0.05, 0) is 67.3 Å². The van der Waals surface area contributed by atoms with Crippen LogP contribution in [0.5, 0.6) is 0 Å². The highest BCUT2D eigenvalue weighted by molar-refractivity contribution is 6.03. The van der Waals surface area contributed by atoms with Crippen molar-refractivity contribution in [1.82, 2.24) is 40.0 Å². The van der Waals surface area contributed by atoms with Gasteiger partial charge in [-0.3, -0.25) is 29.2 Å². The lowest BCUT2D eigenvalue weighted by atomic mass is 9.79. The quantitative estimate of drug-likeness (QED) is 0.169. The van der Waals surface area contributed by atoms with Crippen molar-refractivity contribution >= 4 is 46.2 Å². The van der Waals surface area contributed by atoms with Crippen molar-refractivity contribution in [2.45, 2.75) is 44.9 Å². The number of carboxylic acids is 1. The number of aliphatic carboxylic acids is 1. The second kappa shape index (κ2) is 18.4. The van der Waals surface area contributed by atoms with Gasteiger partial charge in [0.15, 0.2) is 0 Å². The lowest BCUT2D eigenvalue weighted by Crippen LogP contribution is -2.58. The molecule has 4 aliphatic heterocycles. The maximum absolute atomic E-state index is 13.3. The van der Waals surface area contributed by atoms with E-state index in [-0.39, 0.29) is 29.2 Å². The molecule has 4 saturated heterocycles. The third-order valence-corrected chi connectivity index (χ3v) is 11.5. The van der Waals surface area contributed by atoms with E-state index in [1.165, 1.54) is 0 Å². The molecular weight excluding hydrogens is 798 g/mol. The summed E-state index contributed by atoms with van der Waals surface area (Å²) in [7, 11) is 0. The summed E-state index contributed by atoms with van der Waals surface area (Å²) in [5.41, 5.74) is 5.43. The topological polar surface area (TPSA) is 189 Å². The summed E-state index contributed by atoms with van der Waals surface area (Å²) in [5.74, 6) is -2.09. The zero-order chi connectivity index (χ0) is 43.3. The Balaban J connectivity index is 0.000000739. The number of aromatic nitrogens is 4. The number of fused-ring (bicyclic) bond motifs is 1. The average Bonchev–Trinajstić information content (AvgIpc) is 3.88. The summed E-state index contributed by atoms with van der Waals surface area (Å²) in [4.78, 5) is 72.5. The Morgan fingerprint density at radius 1 is 0.984 bits per heavy atom. The van der Waals surface area contributed by atoms with Gasteiger partial charge in [0, 0.05) is 100 Å². The number of anilines is 2. The maximum Gasteiger partial charge on any atom is 0.490 e. The summed E-state index contributed by atoms with van der Waals surface area (Å²) < 4.78 is 37.2. The van der Waals surface area contributed by atoms with E-state index in [0.717, 1.165) is 105 Å². The Hall–Kier alpha value is -5.92. The van der Waals surface area contributed by atoms with Crippen LogP contribution in [-0.4, -0.2) is 148 Å². The molecule has 7 heterocycles. The van der Waals surface area contributed by atoms with Gasteiger partial charge < -0.3 is 35.3 Å². The number of hydrogen-bond acceptors (Lipinski definition) is 11. The normalized spacial score (nSPS) is 19.2. The van der Waals surface area contributed by atoms with Crippen LogP contribution in [0.3, 0.4) is 0 Å². The minimum Gasteiger partial charge on any atom is -0.475 e. The van der Waals surface area contributed by atoms with Crippen molar-refractivity contribution < 1.29 is 42.2 Å². The van der Waals surface area contributed by atoms with Crippen molar-refractivity contribution in [3.8, 4) is 11.3 Å². The maximum atomic E-state index is 13.3. The summed E-state index contributed by atoms with van der Waals surface area (Å²) in [5, 5.41) is 14.3. The predicted octanol–water partition coefficient (Wildman–Crippen LogP) is 3.93. The highest BCUT2D eigenvalue weighted by atomic mass is 19.4. The Morgan fingerprint density at radius 3 is 2.41 bits per heavy atom. The molecule has 19 heteroatoms. The van der Waals surface area contributed by atoms with Gasteiger partial charge in [-0.15, -0.1) is 0 Å². The summed E-state index contributed by atoms with van der Waals surface area (Å²) >= 11 is 0. The van der Waals surface area contributed by atoms with Gasteiger partial charge in [-0.1, -0.05) is 18.7 Å². The van der Waals surface area contributed by atoms with E-state index in [4.69, 9.17) is 14.6 Å². The third-order valence-electron chi connectivity index (χ3n) is 11.5. The molecular formula is C42H49F3N10O6. The molecule has 0 aliphatic carbocycles. The number of piperidine rings is 1. The number of aromatic amines is 1. The van der Waals surface area contributed by atoms with Crippen molar-refractivity contribution in [1.29, 1.82) is 0 Å².